The highest BCUT2D eigenvalue weighted by Gasteiger charge is 2.00. The molecule has 0 aliphatic carbocycles. The van der Waals surface area contributed by atoms with E-state index >= 15 is 0 Å². The lowest BCUT2D eigenvalue weighted by atomic mass is 10.1. The Bertz CT molecular complexity index is 681. The molecule has 3 aromatic rings. The predicted octanol–water partition coefficient (Wildman–Crippen LogP) is 3.96. The summed E-state index contributed by atoms with van der Waals surface area (Å²) < 4.78 is 1.94. The van der Waals surface area contributed by atoms with Crippen LogP contribution in [0.5, 0.6) is 0 Å². The van der Waals surface area contributed by atoms with E-state index in [9.17, 15) is 4.79 Å². The minimum absolute atomic E-state index is 0.687. The van der Waals surface area contributed by atoms with Gasteiger partial charge in [0.25, 0.3) is 0 Å². The highest BCUT2D eigenvalue weighted by Crippen LogP contribution is 2.20. The van der Waals surface area contributed by atoms with E-state index in [-0.39, 0.29) is 0 Å². The number of carbonyl (C=O) groups is 1. The monoisotopic (exact) mass is 247 g/mol. The molecule has 0 saturated heterocycles. The van der Waals surface area contributed by atoms with Crippen LogP contribution in [-0.4, -0.2) is 10.9 Å². The smallest absolute Gasteiger partial charge is 0.151 e. The van der Waals surface area contributed by atoms with Crippen molar-refractivity contribution in [1.82, 2.24) is 4.57 Å². The van der Waals surface area contributed by atoms with Crippen LogP contribution in [0.4, 0.5) is 0 Å². The molecule has 2 heteroatoms. The van der Waals surface area contributed by atoms with Crippen molar-refractivity contribution >= 4 is 6.29 Å². The third kappa shape index (κ3) is 2.33. The third-order valence-corrected chi connectivity index (χ3v) is 3.12. The second kappa shape index (κ2) is 4.94. The van der Waals surface area contributed by atoms with Crippen LogP contribution in [0.15, 0.2) is 73.1 Å². The number of aldehydes is 1. The highest BCUT2D eigenvalue weighted by molar-refractivity contribution is 5.74. The molecule has 0 amide bonds. The highest BCUT2D eigenvalue weighted by atomic mass is 16.1. The van der Waals surface area contributed by atoms with E-state index in [4.69, 9.17) is 0 Å². The Morgan fingerprint density at radius 1 is 0.789 bits per heavy atom. The summed E-state index contributed by atoms with van der Waals surface area (Å²) in [7, 11) is 0. The summed E-state index contributed by atoms with van der Waals surface area (Å²) in [6, 6.07) is 20.3. The van der Waals surface area contributed by atoms with Crippen molar-refractivity contribution in [2.75, 3.05) is 0 Å². The molecule has 0 spiro atoms. The first kappa shape index (κ1) is 11.5. The van der Waals surface area contributed by atoms with Crippen LogP contribution in [0.2, 0.25) is 0 Å². The van der Waals surface area contributed by atoms with E-state index in [1.807, 2.05) is 35.2 Å². The molecule has 1 aromatic heterocycles. The molecule has 0 N–H and O–H groups in total. The fourth-order valence-electron chi connectivity index (χ4n) is 2.10. The number of rotatable bonds is 3. The Balaban J connectivity index is 1.92. The number of hydrogen-bond donors (Lipinski definition) is 0. The van der Waals surface area contributed by atoms with Gasteiger partial charge in [0.15, 0.2) is 6.29 Å². The molecule has 0 radical (unpaired) electrons. The van der Waals surface area contributed by atoms with Gasteiger partial charge in [-0.1, -0.05) is 42.5 Å². The summed E-state index contributed by atoms with van der Waals surface area (Å²) in [4.78, 5) is 10.7. The van der Waals surface area contributed by atoms with Crippen molar-refractivity contribution in [1.29, 1.82) is 0 Å². The first-order valence-corrected chi connectivity index (χ1v) is 6.16. The van der Waals surface area contributed by atoms with Gasteiger partial charge in [0.1, 0.15) is 0 Å². The molecule has 92 valence electrons. The van der Waals surface area contributed by atoms with Gasteiger partial charge in [0.05, 0.1) is 0 Å². The molecule has 0 unspecified atom stereocenters. The maximum Gasteiger partial charge on any atom is 0.151 e. The molecule has 2 nitrogen and oxygen atoms in total. The van der Waals surface area contributed by atoms with Crippen molar-refractivity contribution in [2.24, 2.45) is 0 Å². The summed E-state index contributed by atoms with van der Waals surface area (Å²) in [5, 5.41) is 0. The topological polar surface area (TPSA) is 22.0 Å². The zero-order chi connectivity index (χ0) is 13.1. The van der Waals surface area contributed by atoms with Gasteiger partial charge < -0.3 is 4.57 Å². The molecule has 0 aliphatic heterocycles. The lowest BCUT2D eigenvalue weighted by Crippen LogP contribution is -1.89. The maximum atomic E-state index is 10.7. The van der Waals surface area contributed by atoms with Gasteiger partial charge in [-0.05, 0) is 29.3 Å². The number of hydrogen-bond acceptors (Lipinski definition) is 1. The molecule has 1 heterocycles. The molecule has 3 rings (SSSR count). The standard InChI is InChI=1S/C17H13NO/c19-13-14-10-11-18(12-14)17-8-6-16(7-9-17)15-4-2-1-3-5-15/h1-13H. The minimum Gasteiger partial charge on any atom is -0.323 e. The van der Waals surface area contributed by atoms with E-state index in [1.54, 1.807) is 6.07 Å². The van der Waals surface area contributed by atoms with E-state index in [0.717, 1.165) is 12.0 Å². The first-order valence-electron chi connectivity index (χ1n) is 6.16. The number of carbonyl (C=O) groups excluding carboxylic acids is 1. The fourth-order valence-corrected chi connectivity index (χ4v) is 2.10. The second-order valence-electron chi connectivity index (χ2n) is 4.38. The largest absolute Gasteiger partial charge is 0.323 e. The molecule has 0 atom stereocenters. The van der Waals surface area contributed by atoms with Gasteiger partial charge in [-0.25, -0.2) is 0 Å². The summed E-state index contributed by atoms with van der Waals surface area (Å²) in [5.41, 5.74) is 4.13. The Kier molecular flexibility index (Phi) is 2.99. The van der Waals surface area contributed by atoms with Crippen molar-refractivity contribution in [3.05, 3.63) is 78.6 Å². The molecular formula is C17H13NO. The molecule has 0 saturated carbocycles. The molecule has 0 bridgehead atoms. The van der Waals surface area contributed by atoms with Crippen LogP contribution in [0, 0.1) is 0 Å². The summed E-state index contributed by atoms with van der Waals surface area (Å²) in [6.45, 7) is 0. The molecule has 2 aromatic carbocycles. The third-order valence-electron chi connectivity index (χ3n) is 3.12. The van der Waals surface area contributed by atoms with Crippen molar-refractivity contribution in [3.8, 4) is 16.8 Å². The predicted molar refractivity (Wildman–Crippen MR) is 76.6 cm³/mol. The number of nitrogens with zero attached hydrogens (tertiary/aromatic N) is 1. The van der Waals surface area contributed by atoms with E-state index in [1.165, 1.54) is 11.1 Å². The van der Waals surface area contributed by atoms with Crippen molar-refractivity contribution < 1.29 is 4.79 Å². The minimum atomic E-state index is 0.687. The Hall–Kier alpha value is -2.61. The second-order valence-corrected chi connectivity index (χ2v) is 4.38. The molecule has 0 fully saturated rings. The Morgan fingerprint density at radius 3 is 2.11 bits per heavy atom. The fraction of sp³-hybridized carbons (Fsp3) is 0. The van der Waals surface area contributed by atoms with E-state index in [0.29, 0.717) is 5.56 Å². The zero-order valence-corrected chi connectivity index (χ0v) is 10.4. The lowest BCUT2D eigenvalue weighted by molar-refractivity contribution is 0.112. The van der Waals surface area contributed by atoms with E-state index < -0.39 is 0 Å². The average Bonchev–Trinajstić information content (AvgIpc) is 2.97. The van der Waals surface area contributed by atoms with Crippen LogP contribution >= 0.6 is 0 Å². The quantitative estimate of drug-likeness (QED) is 0.642. The summed E-state index contributed by atoms with van der Waals surface area (Å²) in [6.07, 6.45) is 4.57. The first-order chi connectivity index (χ1) is 9.36. The maximum absolute atomic E-state index is 10.7. The molecule has 19 heavy (non-hydrogen) atoms. The molecule has 0 aliphatic rings. The number of benzene rings is 2. The van der Waals surface area contributed by atoms with Gasteiger partial charge in [0, 0.05) is 23.6 Å². The van der Waals surface area contributed by atoms with Crippen molar-refractivity contribution in [2.45, 2.75) is 0 Å². The normalized spacial score (nSPS) is 10.3. The van der Waals surface area contributed by atoms with Crippen LogP contribution in [-0.2, 0) is 0 Å². The average molecular weight is 247 g/mol. The Labute approximate surface area is 111 Å². The van der Waals surface area contributed by atoms with Gasteiger partial charge in [0.2, 0.25) is 0 Å². The molecular weight excluding hydrogens is 234 g/mol. The number of aromatic nitrogens is 1. The zero-order valence-electron chi connectivity index (χ0n) is 10.4. The van der Waals surface area contributed by atoms with Gasteiger partial charge >= 0.3 is 0 Å². The van der Waals surface area contributed by atoms with Gasteiger partial charge in [-0.3, -0.25) is 4.79 Å². The van der Waals surface area contributed by atoms with Crippen molar-refractivity contribution in [3.63, 3.8) is 0 Å². The Morgan fingerprint density at radius 2 is 1.47 bits per heavy atom. The van der Waals surface area contributed by atoms with Gasteiger partial charge in [-0.2, -0.15) is 0 Å². The SMILES string of the molecule is O=Cc1ccn(-c2ccc(-c3ccccc3)cc2)c1. The lowest BCUT2D eigenvalue weighted by Gasteiger charge is -2.05. The van der Waals surface area contributed by atoms with Crippen LogP contribution in [0.3, 0.4) is 0 Å². The van der Waals surface area contributed by atoms with Gasteiger partial charge in [-0.15, -0.1) is 0 Å². The van der Waals surface area contributed by atoms with Crippen LogP contribution in [0.1, 0.15) is 10.4 Å². The van der Waals surface area contributed by atoms with Crippen LogP contribution in [0.25, 0.3) is 16.8 Å². The van der Waals surface area contributed by atoms with Crippen LogP contribution < -0.4 is 0 Å². The van der Waals surface area contributed by atoms with E-state index in [2.05, 4.69) is 36.4 Å². The summed E-state index contributed by atoms with van der Waals surface area (Å²) in [5.74, 6) is 0. The summed E-state index contributed by atoms with van der Waals surface area (Å²) >= 11 is 0.